The van der Waals surface area contributed by atoms with Crippen LogP contribution < -0.4 is 0 Å². The zero-order valence-electron chi connectivity index (χ0n) is 28.2. The lowest BCUT2D eigenvalue weighted by Crippen LogP contribution is -2.25. The zero-order chi connectivity index (χ0) is 34.0. The van der Waals surface area contributed by atoms with Crippen molar-refractivity contribution in [2.75, 3.05) is 0 Å². The Kier molecular flexibility index (Phi) is 5.73. The highest BCUT2D eigenvalue weighted by molar-refractivity contribution is 7.99. The first-order valence-electron chi connectivity index (χ1n) is 18.1. The number of benzene rings is 9. The number of hydrogen-bond acceptors (Lipinski definition) is 1. The highest BCUT2D eigenvalue weighted by atomic mass is 32.2. The maximum absolute atomic E-state index is 2.50. The second-order valence-corrected chi connectivity index (χ2v) is 15.5. The smallest absolute Gasteiger partial charge is 0.0725 e. The van der Waals surface area contributed by atoms with Crippen LogP contribution in [0.5, 0.6) is 0 Å². The lowest BCUT2D eigenvalue weighted by Gasteiger charge is -2.31. The molecule has 9 aromatic rings. The minimum atomic E-state index is -0.386. The SMILES string of the molecule is c1cc(-c2ccc3c(c2)-c2cccc4cccc(c24)S3)cc(-c2ccc3c(c2)C2(c4ccccc4-3)c3ccccc3-c3cc4ccccc4cc32)c1. The van der Waals surface area contributed by atoms with Gasteiger partial charge in [-0.2, -0.15) is 0 Å². The lowest BCUT2D eigenvalue weighted by atomic mass is 9.70. The van der Waals surface area contributed by atoms with Gasteiger partial charge in [0.15, 0.2) is 0 Å². The molecule has 0 N–H and O–H groups in total. The van der Waals surface area contributed by atoms with Crippen molar-refractivity contribution in [1.82, 2.24) is 0 Å². The molecule has 240 valence electrons. The molecular weight excluding hydrogens is 645 g/mol. The second kappa shape index (κ2) is 10.4. The summed E-state index contributed by atoms with van der Waals surface area (Å²) in [4.78, 5) is 2.66. The highest BCUT2D eigenvalue weighted by Crippen LogP contribution is 2.63. The van der Waals surface area contributed by atoms with Gasteiger partial charge in [-0.05, 0) is 137 Å². The third kappa shape index (κ3) is 3.73. The summed E-state index contributed by atoms with van der Waals surface area (Å²) in [5, 5.41) is 5.24. The van der Waals surface area contributed by atoms with E-state index in [1.54, 1.807) is 0 Å². The molecular formula is C51H30S. The second-order valence-electron chi connectivity index (χ2n) is 14.4. The molecule has 9 aromatic carbocycles. The first kappa shape index (κ1) is 28.5. The Morgan fingerprint density at radius 1 is 0.288 bits per heavy atom. The summed E-state index contributed by atoms with van der Waals surface area (Å²) in [5.74, 6) is 0. The molecule has 1 heteroatoms. The monoisotopic (exact) mass is 674 g/mol. The van der Waals surface area contributed by atoms with Crippen molar-refractivity contribution >= 4 is 33.3 Å². The molecule has 0 fully saturated rings. The molecule has 0 aromatic heterocycles. The predicted molar refractivity (Wildman–Crippen MR) is 218 cm³/mol. The standard InChI is InChI=1S/C51H30S/c1-2-11-35-29-47-42(27-34(35)10-1)39-17-4-6-20-45(39)51(47)44-19-5-3-16-38(44)40-24-22-37(30-46(40)51)33-15-7-14-32(26-33)36-23-25-48-43(28-36)41-18-8-12-31-13-9-21-49(52-48)50(31)41/h1-30H. The lowest BCUT2D eigenvalue weighted by molar-refractivity contribution is 0.795. The molecule has 0 nitrogen and oxygen atoms in total. The molecule has 0 bridgehead atoms. The average molecular weight is 675 g/mol. The highest BCUT2D eigenvalue weighted by Gasteiger charge is 2.51. The molecule has 1 unspecified atom stereocenters. The Morgan fingerprint density at radius 2 is 0.846 bits per heavy atom. The fraction of sp³-hybridized carbons (Fsp3) is 0.0196. The molecule has 0 amide bonds. The van der Waals surface area contributed by atoms with Crippen LogP contribution >= 0.6 is 11.8 Å². The third-order valence-corrected chi connectivity index (χ3v) is 13.0. The van der Waals surface area contributed by atoms with Gasteiger partial charge in [0.25, 0.3) is 0 Å². The van der Waals surface area contributed by atoms with Crippen molar-refractivity contribution in [3.8, 4) is 55.6 Å². The van der Waals surface area contributed by atoms with E-state index < -0.39 is 0 Å². The molecule has 0 saturated heterocycles. The van der Waals surface area contributed by atoms with Gasteiger partial charge < -0.3 is 0 Å². The Morgan fingerprint density at radius 3 is 1.65 bits per heavy atom. The molecule has 52 heavy (non-hydrogen) atoms. The largest absolute Gasteiger partial charge is 0.0888 e. The van der Waals surface area contributed by atoms with Crippen LogP contribution in [0.1, 0.15) is 22.3 Å². The summed E-state index contributed by atoms with van der Waals surface area (Å²) in [6, 6.07) is 68.6. The molecule has 12 rings (SSSR count). The van der Waals surface area contributed by atoms with Crippen LogP contribution in [0.2, 0.25) is 0 Å². The average Bonchev–Trinajstić information content (AvgIpc) is 3.66. The summed E-state index contributed by atoms with van der Waals surface area (Å²) in [6.45, 7) is 0. The van der Waals surface area contributed by atoms with E-state index in [1.165, 1.54) is 109 Å². The van der Waals surface area contributed by atoms with Crippen molar-refractivity contribution in [2.45, 2.75) is 15.2 Å². The third-order valence-electron chi connectivity index (χ3n) is 11.8. The van der Waals surface area contributed by atoms with Crippen molar-refractivity contribution in [2.24, 2.45) is 0 Å². The van der Waals surface area contributed by atoms with Crippen LogP contribution in [0.4, 0.5) is 0 Å². The van der Waals surface area contributed by atoms with Gasteiger partial charge in [-0.25, -0.2) is 0 Å². The summed E-state index contributed by atoms with van der Waals surface area (Å²) in [6.07, 6.45) is 0. The Balaban J connectivity index is 1.04. The van der Waals surface area contributed by atoms with Gasteiger partial charge in [0.1, 0.15) is 0 Å². The van der Waals surface area contributed by atoms with Gasteiger partial charge in [-0.1, -0.05) is 151 Å². The van der Waals surface area contributed by atoms with Crippen LogP contribution in [-0.4, -0.2) is 0 Å². The normalized spacial score (nSPS) is 15.7. The van der Waals surface area contributed by atoms with E-state index in [0.29, 0.717) is 0 Å². The zero-order valence-corrected chi connectivity index (χ0v) is 29.0. The summed E-state index contributed by atoms with van der Waals surface area (Å²) in [5.41, 5.74) is 18.1. The summed E-state index contributed by atoms with van der Waals surface area (Å²) < 4.78 is 0. The van der Waals surface area contributed by atoms with Crippen molar-refractivity contribution in [1.29, 1.82) is 0 Å². The summed E-state index contributed by atoms with van der Waals surface area (Å²) in [7, 11) is 0. The van der Waals surface area contributed by atoms with Crippen LogP contribution in [0.15, 0.2) is 192 Å². The predicted octanol–water partition coefficient (Wildman–Crippen LogP) is 13.8. The molecule has 1 heterocycles. The topological polar surface area (TPSA) is 0 Å². The molecule has 0 saturated carbocycles. The maximum atomic E-state index is 2.50. The van der Waals surface area contributed by atoms with Crippen molar-refractivity contribution in [3.63, 3.8) is 0 Å². The molecule has 1 atom stereocenters. The van der Waals surface area contributed by atoms with E-state index in [9.17, 15) is 0 Å². The van der Waals surface area contributed by atoms with E-state index in [0.717, 1.165) is 0 Å². The summed E-state index contributed by atoms with van der Waals surface area (Å²) >= 11 is 1.88. The first-order valence-corrected chi connectivity index (χ1v) is 18.9. The van der Waals surface area contributed by atoms with E-state index in [4.69, 9.17) is 0 Å². The van der Waals surface area contributed by atoms with Crippen LogP contribution in [0, 0.1) is 0 Å². The van der Waals surface area contributed by atoms with E-state index >= 15 is 0 Å². The first-order chi connectivity index (χ1) is 25.8. The molecule has 1 spiro atoms. The van der Waals surface area contributed by atoms with Crippen molar-refractivity contribution < 1.29 is 0 Å². The minimum absolute atomic E-state index is 0.386. The van der Waals surface area contributed by atoms with Crippen LogP contribution in [0.3, 0.4) is 0 Å². The molecule has 3 aliphatic rings. The van der Waals surface area contributed by atoms with Crippen LogP contribution in [0.25, 0.3) is 77.2 Å². The van der Waals surface area contributed by atoms with E-state index in [2.05, 4.69) is 182 Å². The van der Waals surface area contributed by atoms with Crippen molar-refractivity contribution in [3.05, 3.63) is 204 Å². The van der Waals surface area contributed by atoms with Gasteiger partial charge in [-0.3, -0.25) is 0 Å². The van der Waals surface area contributed by atoms with Gasteiger partial charge >= 0.3 is 0 Å². The number of hydrogen-bond donors (Lipinski definition) is 0. The quantitative estimate of drug-likeness (QED) is 0.176. The Hall–Kier alpha value is -6.15. The number of rotatable bonds is 2. The van der Waals surface area contributed by atoms with Gasteiger partial charge in [0.2, 0.25) is 0 Å². The van der Waals surface area contributed by atoms with Crippen LogP contribution in [-0.2, 0) is 5.41 Å². The van der Waals surface area contributed by atoms with E-state index in [1.807, 2.05) is 11.8 Å². The Bertz CT molecular complexity index is 3000. The Labute approximate surface area is 307 Å². The van der Waals surface area contributed by atoms with E-state index in [-0.39, 0.29) is 5.41 Å². The molecule has 2 aliphatic carbocycles. The van der Waals surface area contributed by atoms with Gasteiger partial charge in [-0.15, -0.1) is 0 Å². The molecule has 1 aliphatic heterocycles. The van der Waals surface area contributed by atoms with Gasteiger partial charge in [0, 0.05) is 15.2 Å². The fourth-order valence-corrected chi connectivity index (χ4v) is 10.8. The fourth-order valence-electron chi connectivity index (χ4n) is 9.62. The maximum Gasteiger partial charge on any atom is 0.0725 e. The molecule has 0 radical (unpaired) electrons. The minimum Gasteiger partial charge on any atom is -0.0888 e. The van der Waals surface area contributed by atoms with Gasteiger partial charge in [0.05, 0.1) is 5.41 Å². The number of fused-ring (bicyclic) bond motifs is 13.